The zero-order chi connectivity index (χ0) is 8.43. The molecule has 0 atom stereocenters. The van der Waals surface area contributed by atoms with Gasteiger partial charge < -0.3 is 10.3 Å². The number of hydrogen-bond donors (Lipinski definition) is 1. The molecule has 0 aliphatic rings. The summed E-state index contributed by atoms with van der Waals surface area (Å²) < 4.78 is 0.571. The van der Waals surface area contributed by atoms with Crippen molar-refractivity contribution in [3.8, 4) is 0 Å². The predicted octanol–water partition coefficient (Wildman–Crippen LogP) is 0.327. The number of pyridine rings is 1. The highest BCUT2D eigenvalue weighted by Crippen LogP contribution is 2.02. The van der Waals surface area contributed by atoms with Gasteiger partial charge in [0.2, 0.25) is 0 Å². The van der Waals surface area contributed by atoms with E-state index in [2.05, 4.69) is 0 Å². The summed E-state index contributed by atoms with van der Waals surface area (Å²) >= 11 is 0. The Kier molecular flexibility index (Phi) is 1.76. The van der Waals surface area contributed by atoms with Gasteiger partial charge in [-0.15, -0.1) is 0 Å². The van der Waals surface area contributed by atoms with Crippen LogP contribution in [-0.2, 0) is 0 Å². The molecule has 1 aromatic rings. The molecule has 11 heavy (non-hydrogen) atoms. The summed E-state index contributed by atoms with van der Waals surface area (Å²) in [6.45, 7) is 1.58. The van der Waals surface area contributed by atoms with Gasteiger partial charge in [0, 0.05) is 11.6 Å². The van der Waals surface area contributed by atoms with Gasteiger partial charge >= 0.3 is 5.97 Å². The number of carboxylic acid groups (broad SMARTS) is 1. The third kappa shape index (κ3) is 1.46. The minimum absolute atomic E-state index is 0.164. The molecule has 0 bridgehead atoms. The van der Waals surface area contributed by atoms with Gasteiger partial charge in [0.1, 0.15) is 0 Å². The summed E-state index contributed by atoms with van der Waals surface area (Å²) in [6, 6.07) is 1.28. The number of carbonyl (C=O) groups is 1. The highest BCUT2D eigenvalue weighted by molar-refractivity contribution is 5.88. The zero-order valence-corrected chi connectivity index (χ0v) is 5.94. The van der Waals surface area contributed by atoms with Crippen LogP contribution in [0.5, 0.6) is 0 Å². The number of hydrogen-bond acceptors (Lipinski definition) is 2. The fraction of sp³-hybridized carbons (Fsp3) is 0.143. The van der Waals surface area contributed by atoms with Crippen LogP contribution in [0.15, 0.2) is 18.5 Å². The first-order valence-corrected chi connectivity index (χ1v) is 3.04. The lowest BCUT2D eigenvalue weighted by Crippen LogP contribution is -2.25. The van der Waals surface area contributed by atoms with Crippen LogP contribution in [0.2, 0.25) is 0 Å². The Hall–Kier alpha value is -1.58. The van der Waals surface area contributed by atoms with E-state index in [1.54, 1.807) is 6.92 Å². The topological polar surface area (TPSA) is 64.2 Å². The number of aromatic nitrogens is 1. The lowest BCUT2D eigenvalue weighted by molar-refractivity contribution is -0.605. The van der Waals surface area contributed by atoms with Gasteiger partial charge in [-0.05, 0) is 6.92 Å². The molecule has 4 heteroatoms. The second kappa shape index (κ2) is 2.57. The Balaban J connectivity index is 3.20. The molecule has 0 spiro atoms. The molecule has 1 rings (SSSR count). The minimum atomic E-state index is -1.01. The average Bonchev–Trinajstić information content (AvgIpc) is 1.85. The molecule has 0 aliphatic carbocycles. The molecule has 0 aliphatic heterocycles. The van der Waals surface area contributed by atoms with Crippen LogP contribution in [0.1, 0.15) is 15.9 Å². The van der Waals surface area contributed by atoms with E-state index < -0.39 is 5.97 Å². The second-order valence-electron chi connectivity index (χ2n) is 2.21. The summed E-state index contributed by atoms with van der Waals surface area (Å²) in [5.74, 6) is -1.01. The SMILES string of the molecule is Cc1c[n+]([O-])ccc1C(=O)O. The van der Waals surface area contributed by atoms with Gasteiger partial charge in [0.15, 0.2) is 12.4 Å². The van der Waals surface area contributed by atoms with Crippen molar-refractivity contribution in [2.24, 2.45) is 0 Å². The van der Waals surface area contributed by atoms with E-state index in [1.807, 2.05) is 0 Å². The fourth-order valence-corrected chi connectivity index (χ4v) is 0.823. The molecule has 1 N–H and O–H groups in total. The van der Waals surface area contributed by atoms with E-state index in [0.717, 1.165) is 6.20 Å². The van der Waals surface area contributed by atoms with Crippen LogP contribution in [0, 0.1) is 12.1 Å². The number of aryl methyl sites for hydroxylation is 1. The highest BCUT2D eigenvalue weighted by atomic mass is 16.5. The molecule has 1 heterocycles. The van der Waals surface area contributed by atoms with Gasteiger partial charge in [-0.1, -0.05) is 0 Å². The molecule has 0 unspecified atom stereocenters. The number of carboxylic acids is 1. The maximum absolute atomic E-state index is 10.6. The van der Waals surface area contributed by atoms with Crippen LogP contribution in [0.25, 0.3) is 0 Å². The van der Waals surface area contributed by atoms with Crippen LogP contribution >= 0.6 is 0 Å². The lowest BCUT2D eigenvalue weighted by Gasteiger charge is -1.99. The molecule has 0 saturated heterocycles. The molecule has 58 valence electrons. The zero-order valence-electron chi connectivity index (χ0n) is 5.94. The first-order valence-electron chi connectivity index (χ1n) is 3.04. The molecule has 1 aromatic heterocycles. The van der Waals surface area contributed by atoms with Gasteiger partial charge in [-0.25, -0.2) is 4.79 Å². The number of nitrogens with zero attached hydrogens (tertiary/aromatic N) is 1. The Labute approximate surface area is 63.3 Å². The monoisotopic (exact) mass is 153 g/mol. The first kappa shape index (κ1) is 7.53. The van der Waals surface area contributed by atoms with E-state index in [0.29, 0.717) is 10.3 Å². The second-order valence-corrected chi connectivity index (χ2v) is 2.21. The van der Waals surface area contributed by atoms with Gasteiger partial charge in [0.05, 0.1) is 5.56 Å². The van der Waals surface area contributed by atoms with Crippen molar-refractivity contribution in [1.29, 1.82) is 0 Å². The third-order valence-electron chi connectivity index (χ3n) is 1.36. The van der Waals surface area contributed by atoms with E-state index in [-0.39, 0.29) is 5.56 Å². The summed E-state index contributed by atoms with van der Waals surface area (Å²) in [6.07, 6.45) is 2.39. The lowest BCUT2D eigenvalue weighted by atomic mass is 10.2. The molecule has 0 saturated carbocycles. The largest absolute Gasteiger partial charge is 0.619 e. The van der Waals surface area contributed by atoms with Gasteiger partial charge in [-0.3, -0.25) is 0 Å². The van der Waals surface area contributed by atoms with Crippen LogP contribution < -0.4 is 4.73 Å². The Morgan fingerprint density at radius 3 is 2.82 bits per heavy atom. The van der Waals surface area contributed by atoms with Crippen molar-refractivity contribution in [2.45, 2.75) is 6.92 Å². The van der Waals surface area contributed by atoms with Crippen molar-refractivity contribution >= 4 is 5.97 Å². The Morgan fingerprint density at radius 1 is 1.73 bits per heavy atom. The van der Waals surface area contributed by atoms with Gasteiger partial charge in [-0.2, -0.15) is 4.73 Å². The van der Waals surface area contributed by atoms with E-state index in [4.69, 9.17) is 5.11 Å². The Morgan fingerprint density at radius 2 is 2.36 bits per heavy atom. The third-order valence-corrected chi connectivity index (χ3v) is 1.36. The van der Waals surface area contributed by atoms with E-state index >= 15 is 0 Å². The molecule has 0 fully saturated rings. The molecule has 0 radical (unpaired) electrons. The molecule has 4 nitrogen and oxygen atoms in total. The fourth-order valence-electron chi connectivity index (χ4n) is 0.823. The molecular weight excluding hydrogens is 146 g/mol. The summed E-state index contributed by atoms with van der Waals surface area (Å²) in [7, 11) is 0. The maximum Gasteiger partial charge on any atom is 0.336 e. The van der Waals surface area contributed by atoms with Crippen molar-refractivity contribution in [1.82, 2.24) is 0 Å². The highest BCUT2D eigenvalue weighted by Gasteiger charge is 2.08. The van der Waals surface area contributed by atoms with E-state index in [1.165, 1.54) is 12.3 Å². The summed E-state index contributed by atoms with van der Waals surface area (Å²) in [5, 5.41) is 19.1. The molecule has 0 amide bonds. The van der Waals surface area contributed by atoms with Crippen molar-refractivity contribution in [2.75, 3.05) is 0 Å². The number of aromatic carboxylic acids is 1. The normalized spacial score (nSPS) is 9.55. The quantitative estimate of drug-likeness (QED) is 0.467. The first-order chi connectivity index (χ1) is 5.11. The smallest absolute Gasteiger partial charge is 0.336 e. The van der Waals surface area contributed by atoms with Gasteiger partial charge in [0.25, 0.3) is 0 Å². The van der Waals surface area contributed by atoms with Crippen molar-refractivity contribution in [3.63, 3.8) is 0 Å². The number of rotatable bonds is 1. The predicted molar refractivity (Wildman–Crippen MR) is 37.1 cm³/mol. The van der Waals surface area contributed by atoms with Crippen LogP contribution in [0.3, 0.4) is 0 Å². The summed E-state index contributed by atoms with van der Waals surface area (Å²) in [4.78, 5) is 10.4. The standard InChI is InChI=1S/C7H7NO3/c1-5-4-8(11)3-2-6(5)7(9)10/h2-4H,1H3,(H,9,10). The Bertz CT molecular complexity index is 296. The van der Waals surface area contributed by atoms with Crippen molar-refractivity contribution in [3.05, 3.63) is 34.8 Å². The maximum atomic E-state index is 10.6. The van der Waals surface area contributed by atoms with Crippen LogP contribution in [0.4, 0.5) is 0 Å². The van der Waals surface area contributed by atoms with Crippen LogP contribution in [-0.4, -0.2) is 11.1 Å². The minimum Gasteiger partial charge on any atom is -0.619 e. The van der Waals surface area contributed by atoms with E-state index in [9.17, 15) is 10.0 Å². The molecule has 0 aromatic carbocycles. The average molecular weight is 153 g/mol. The molecular formula is C7H7NO3. The van der Waals surface area contributed by atoms with Crippen molar-refractivity contribution < 1.29 is 14.6 Å². The summed E-state index contributed by atoms with van der Waals surface area (Å²) in [5.41, 5.74) is 0.632.